The number of anilines is 1. The maximum Gasteiger partial charge on any atom is 0.224 e. The van der Waals surface area contributed by atoms with Gasteiger partial charge in [0.05, 0.1) is 29.9 Å². The first-order valence-corrected chi connectivity index (χ1v) is 14.2. The Morgan fingerprint density at radius 3 is 2.38 bits per heavy atom. The highest BCUT2D eigenvalue weighted by atomic mass is 32.2. The first-order valence-electron chi connectivity index (χ1n) is 12.5. The number of carbonyl (C=O) groups excluding carboxylic acids is 1. The number of ether oxygens (including phenoxy) is 1. The highest BCUT2D eigenvalue weighted by molar-refractivity contribution is 7.91. The van der Waals surface area contributed by atoms with Crippen LogP contribution in [0.2, 0.25) is 0 Å². The first-order chi connectivity index (χ1) is 16.5. The maximum absolute atomic E-state index is 13.2. The van der Waals surface area contributed by atoms with Gasteiger partial charge in [-0.05, 0) is 55.9 Å². The minimum absolute atomic E-state index is 0.0259. The Balaban J connectivity index is 1.35. The molecule has 1 saturated carbocycles. The number of carbonyl (C=O) groups is 1. The molecule has 3 fully saturated rings. The molecule has 0 radical (unpaired) electrons. The van der Waals surface area contributed by atoms with Crippen molar-refractivity contribution < 1.29 is 17.9 Å². The van der Waals surface area contributed by atoms with Gasteiger partial charge in [0.15, 0.2) is 9.84 Å². The topological polar surface area (TPSA) is 103 Å². The first kappa shape index (κ1) is 25.0. The number of benzene rings is 1. The smallest absolute Gasteiger partial charge is 0.224 e. The predicted octanol–water partition coefficient (Wildman–Crippen LogP) is 2.21. The summed E-state index contributed by atoms with van der Waals surface area (Å²) >= 11 is 0. The molecule has 9 heteroatoms. The molecule has 2 heterocycles. The summed E-state index contributed by atoms with van der Waals surface area (Å²) in [7, 11) is -3.50. The SMILES string of the molecule is N#CCNC(=O)C1CCCCC1CS(=O)(=O)c1ccc(N2CCC(N3CCOCC3)CC2)cc1. The van der Waals surface area contributed by atoms with Gasteiger partial charge in [-0.1, -0.05) is 12.8 Å². The lowest BCUT2D eigenvalue weighted by Crippen LogP contribution is -2.49. The molecule has 186 valence electrons. The summed E-state index contributed by atoms with van der Waals surface area (Å²) in [4.78, 5) is 17.7. The van der Waals surface area contributed by atoms with Crippen LogP contribution in [0.3, 0.4) is 0 Å². The highest BCUT2D eigenvalue weighted by Crippen LogP contribution is 2.33. The van der Waals surface area contributed by atoms with Crippen molar-refractivity contribution in [3.8, 4) is 6.07 Å². The van der Waals surface area contributed by atoms with E-state index in [0.29, 0.717) is 17.4 Å². The molecule has 0 spiro atoms. The monoisotopic (exact) mass is 488 g/mol. The normalized spacial score (nSPS) is 25.0. The van der Waals surface area contributed by atoms with Crippen LogP contribution in [-0.2, 0) is 19.4 Å². The van der Waals surface area contributed by atoms with Gasteiger partial charge in [0.2, 0.25) is 5.91 Å². The Bertz CT molecular complexity index is 962. The van der Waals surface area contributed by atoms with Crippen molar-refractivity contribution in [3.05, 3.63) is 24.3 Å². The summed E-state index contributed by atoms with van der Waals surface area (Å²) in [6.07, 6.45) is 5.46. The van der Waals surface area contributed by atoms with Crippen LogP contribution >= 0.6 is 0 Å². The molecule has 1 aromatic rings. The molecule has 2 atom stereocenters. The highest BCUT2D eigenvalue weighted by Gasteiger charge is 2.34. The number of amides is 1. The van der Waals surface area contributed by atoms with Gasteiger partial charge in [0, 0.05) is 43.8 Å². The number of rotatable bonds is 7. The van der Waals surface area contributed by atoms with E-state index >= 15 is 0 Å². The molecule has 1 N–H and O–H groups in total. The Kier molecular flexibility index (Phi) is 8.46. The summed E-state index contributed by atoms with van der Waals surface area (Å²) in [6.45, 7) is 5.56. The summed E-state index contributed by atoms with van der Waals surface area (Å²) in [5, 5.41) is 11.3. The summed E-state index contributed by atoms with van der Waals surface area (Å²) < 4.78 is 31.8. The summed E-state index contributed by atoms with van der Waals surface area (Å²) in [6, 6.07) is 9.78. The molecule has 0 aromatic heterocycles. The zero-order chi connectivity index (χ0) is 24.0. The number of sulfone groups is 1. The van der Waals surface area contributed by atoms with E-state index in [2.05, 4.69) is 15.1 Å². The summed E-state index contributed by atoms with van der Waals surface area (Å²) in [5.74, 6) is -0.778. The van der Waals surface area contributed by atoms with Crippen LogP contribution in [0.4, 0.5) is 5.69 Å². The van der Waals surface area contributed by atoms with Gasteiger partial charge in [0.25, 0.3) is 0 Å². The van der Waals surface area contributed by atoms with E-state index in [-0.39, 0.29) is 30.0 Å². The van der Waals surface area contributed by atoms with Crippen LogP contribution in [0.15, 0.2) is 29.2 Å². The van der Waals surface area contributed by atoms with Gasteiger partial charge in [0.1, 0.15) is 6.54 Å². The van der Waals surface area contributed by atoms with Gasteiger partial charge < -0.3 is 15.0 Å². The third-order valence-corrected chi connectivity index (χ3v) is 9.47. The average molecular weight is 489 g/mol. The van der Waals surface area contributed by atoms with Crippen molar-refractivity contribution >= 4 is 21.4 Å². The Morgan fingerprint density at radius 2 is 1.71 bits per heavy atom. The molecular formula is C25H36N4O4S. The van der Waals surface area contributed by atoms with Crippen molar-refractivity contribution in [2.75, 3.05) is 56.6 Å². The molecule has 8 nitrogen and oxygen atoms in total. The third-order valence-electron chi connectivity index (χ3n) is 7.61. The fraction of sp³-hybridized carbons (Fsp3) is 0.680. The average Bonchev–Trinajstić information content (AvgIpc) is 2.88. The predicted molar refractivity (Wildman–Crippen MR) is 130 cm³/mol. The van der Waals surface area contributed by atoms with Gasteiger partial charge in [-0.2, -0.15) is 5.26 Å². The number of hydrogen-bond donors (Lipinski definition) is 1. The van der Waals surface area contributed by atoms with Crippen molar-refractivity contribution in [2.45, 2.75) is 49.5 Å². The van der Waals surface area contributed by atoms with E-state index in [9.17, 15) is 13.2 Å². The minimum Gasteiger partial charge on any atom is -0.379 e. The van der Waals surface area contributed by atoms with Crippen molar-refractivity contribution in [1.82, 2.24) is 10.2 Å². The van der Waals surface area contributed by atoms with E-state index in [0.717, 1.165) is 77.2 Å². The number of nitriles is 1. The van der Waals surface area contributed by atoms with E-state index in [1.807, 2.05) is 18.2 Å². The molecule has 1 amide bonds. The molecule has 2 aliphatic heterocycles. The lowest BCUT2D eigenvalue weighted by molar-refractivity contribution is -0.127. The van der Waals surface area contributed by atoms with Gasteiger partial charge in [-0.15, -0.1) is 0 Å². The molecule has 3 aliphatic rings. The largest absolute Gasteiger partial charge is 0.379 e. The number of morpholine rings is 1. The van der Waals surface area contributed by atoms with E-state index < -0.39 is 9.84 Å². The molecule has 4 rings (SSSR count). The fourth-order valence-electron chi connectivity index (χ4n) is 5.68. The van der Waals surface area contributed by atoms with E-state index in [4.69, 9.17) is 10.00 Å². The van der Waals surface area contributed by atoms with E-state index in [1.54, 1.807) is 12.1 Å². The Hall–Kier alpha value is -2.15. The van der Waals surface area contributed by atoms with Gasteiger partial charge in [-0.3, -0.25) is 9.69 Å². The maximum atomic E-state index is 13.2. The second-order valence-electron chi connectivity index (χ2n) is 9.67. The quantitative estimate of drug-likeness (QED) is 0.587. The van der Waals surface area contributed by atoms with Crippen molar-refractivity contribution in [2.24, 2.45) is 11.8 Å². The molecule has 1 aromatic carbocycles. The van der Waals surface area contributed by atoms with Crippen molar-refractivity contribution in [3.63, 3.8) is 0 Å². The summed E-state index contributed by atoms with van der Waals surface area (Å²) in [5.41, 5.74) is 1.06. The Labute approximate surface area is 203 Å². The number of piperidine rings is 1. The number of hydrogen-bond acceptors (Lipinski definition) is 7. The van der Waals surface area contributed by atoms with Gasteiger partial charge >= 0.3 is 0 Å². The van der Waals surface area contributed by atoms with Gasteiger partial charge in [-0.25, -0.2) is 8.42 Å². The van der Waals surface area contributed by atoms with Crippen LogP contribution in [0.25, 0.3) is 0 Å². The molecule has 2 unspecified atom stereocenters. The van der Waals surface area contributed by atoms with Crippen LogP contribution in [0.1, 0.15) is 38.5 Å². The van der Waals surface area contributed by atoms with Crippen molar-refractivity contribution in [1.29, 1.82) is 5.26 Å². The molecule has 1 aliphatic carbocycles. The second kappa shape index (κ2) is 11.5. The van der Waals surface area contributed by atoms with Crippen LogP contribution in [0.5, 0.6) is 0 Å². The Morgan fingerprint density at radius 1 is 1.03 bits per heavy atom. The zero-order valence-corrected chi connectivity index (χ0v) is 20.6. The van der Waals surface area contributed by atoms with Crippen LogP contribution in [0, 0.1) is 23.2 Å². The second-order valence-corrected chi connectivity index (χ2v) is 11.7. The molecule has 0 bridgehead atoms. The minimum atomic E-state index is -3.50. The molecule has 2 saturated heterocycles. The lowest BCUT2D eigenvalue weighted by Gasteiger charge is -2.40. The molecule has 34 heavy (non-hydrogen) atoms. The fourth-order valence-corrected chi connectivity index (χ4v) is 7.39. The third kappa shape index (κ3) is 6.09. The number of nitrogens with zero attached hydrogens (tertiary/aromatic N) is 3. The lowest BCUT2D eigenvalue weighted by atomic mass is 9.80. The number of nitrogens with one attached hydrogen (secondary N) is 1. The van der Waals surface area contributed by atoms with E-state index in [1.165, 1.54) is 0 Å². The zero-order valence-electron chi connectivity index (χ0n) is 19.8. The standard InChI is InChI=1S/C25H36N4O4S/c26-11-12-27-25(30)24-4-2-1-3-20(24)19-34(31,32)23-7-5-21(6-8-23)28-13-9-22(10-14-28)29-15-17-33-18-16-29/h5-8,20,22,24H,1-4,9-10,12-19H2,(H,27,30). The van der Waals surface area contributed by atoms with Crippen LogP contribution in [-0.4, -0.2) is 77.0 Å². The molecular weight excluding hydrogens is 452 g/mol. The van der Waals surface area contributed by atoms with Crippen LogP contribution < -0.4 is 10.2 Å².